The minimum atomic E-state index is -0.854. The van der Waals surface area contributed by atoms with Gasteiger partial charge in [-0.2, -0.15) is 4.80 Å². The normalized spacial score (nSPS) is 11.4. The van der Waals surface area contributed by atoms with Gasteiger partial charge in [0.2, 0.25) is 0 Å². The van der Waals surface area contributed by atoms with E-state index < -0.39 is 5.97 Å². The molecule has 0 radical (unpaired) electrons. The fourth-order valence-electron chi connectivity index (χ4n) is 1.33. The van der Waals surface area contributed by atoms with Crippen LogP contribution >= 0.6 is 0 Å². The summed E-state index contributed by atoms with van der Waals surface area (Å²) < 4.78 is 0. The maximum atomic E-state index is 10.7. The zero-order valence-electron chi connectivity index (χ0n) is 10.4. The molecule has 0 aliphatic carbocycles. The van der Waals surface area contributed by atoms with Gasteiger partial charge in [-0.1, -0.05) is 0 Å². The van der Waals surface area contributed by atoms with Gasteiger partial charge in [-0.25, -0.2) is 0 Å². The molecule has 8 heteroatoms. The second-order valence-electron chi connectivity index (χ2n) is 4.10. The molecule has 0 saturated heterocycles. The molecule has 0 aromatic carbocycles. The van der Waals surface area contributed by atoms with Gasteiger partial charge in [0.05, 0.1) is 20.1 Å². The molecule has 0 aliphatic rings. The Bertz CT molecular complexity index is 364. The van der Waals surface area contributed by atoms with Gasteiger partial charge >= 0.3 is 5.97 Å². The standard InChI is InChI=1S/C9H18N6O2/c1-13(2)4-5-15(7-9(16)17)6-8-10-12-14(3)11-8/h4-7H2,1-3H3,(H,16,17). The van der Waals surface area contributed by atoms with Crippen LogP contribution in [-0.2, 0) is 18.4 Å². The number of hydrogen-bond donors (Lipinski definition) is 1. The van der Waals surface area contributed by atoms with Gasteiger partial charge in [0, 0.05) is 13.1 Å². The third kappa shape index (κ3) is 5.36. The Morgan fingerprint density at radius 2 is 2.12 bits per heavy atom. The first kappa shape index (κ1) is 13.5. The molecule has 0 aliphatic heterocycles. The number of nitrogens with zero attached hydrogens (tertiary/aromatic N) is 6. The third-order valence-electron chi connectivity index (χ3n) is 2.14. The summed E-state index contributed by atoms with van der Waals surface area (Å²) in [4.78, 5) is 15.9. The number of likely N-dealkylation sites (N-methyl/N-ethyl adjacent to an activating group) is 1. The molecule has 8 nitrogen and oxygen atoms in total. The van der Waals surface area contributed by atoms with Gasteiger partial charge in [-0.05, 0) is 19.3 Å². The Balaban J connectivity index is 2.53. The summed E-state index contributed by atoms with van der Waals surface area (Å²) in [6.45, 7) is 1.81. The maximum Gasteiger partial charge on any atom is 0.317 e. The molecular formula is C9H18N6O2. The molecule has 0 saturated carbocycles. The van der Waals surface area contributed by atoms with Crippen molar-refractivity contribution in [3.05, 3.63) is 5.82 Å². The zero-order valence-corrected chi connectivity index (χ0v) is 10.4. The van der Waals surface area contributed by atoms with Gasteiger partial charge in [-0.3, -0.25) is 9.69 Å². The molecule has 96 valence electrons. The number of aliphatic carboxylic acids is 1. The number of carboxylic acids is 1. The van der Waals surface area contributed by atoms with Crippen LogP contribution in [0.1, 0.15) is 5.82 Å². The van der Waals surface area contributed by atoms with E-state index in [-0.39, 0.29) is 6.54 Å². The molecule has 17 heavy (non-hydrogen) atoms. The van der Waals surface area contributed by atoms with Crippen LogP contribution < -0.4 is 0 Å². The van der Waals surface area contributed by atoms with Gasteiger partial charge in [0.25, 0.3) is 0 Å². The molecule has 0 atom stereocenters. The van der Waals surface area contributed by atoms with Crippen molar-refractivity contribution >= 4 is 5.97 Å². The quantitative estimate of drug-likeness (QED) is 0.633. The van der Waals surface area contributed by atoms with Crippen molar-refractivity contribution in [2.45, 2.75) is 6.54 Å². The number of carbonyl (C=O) groups is 1. The molecule has 0 unspecified atom stereocenters. The van der Waals surface area contributed by atoms with E-state index >= 15 is 0 Å². The van der Waals surface area contributed by atoms with Crippen molar-refractivity contribution in [3.8, 4) is 0 Å². The molecule has 1 aromatic rings. The average molecular weight is 242 g/mol. The largest absolute Gasteiger partial charge is 0.480 e. The topological polar surface area (TPSA) is 87.4 Å². The smallest absolute Gasteiger partial charge is 0.317 e. The van der Waals surface area contributed by atoms with Crippen molar-refractivity contribution in [3.63, 3.8) is 0 Å². The van der Waals surface area contributed by atoms with Crippen molar-refractivity contribution < 1.29 is 9.90 Å². The molecule has 0 amide bonds. The average Bonchev–Trinajstić information content (AvgIpc) is 2.59. The van der Waals surface area contributed by atoms with Crippen LogP contribution in [-0.4, -0.2) is 74.8 Å². The highest BCUT2D eigenvalue weighted by Crippen LogP contribution is 1.97. The fourth-order valence-corrected chi connectivity index (χ4v) is 1.33. The van der Waals surface area contributed by atoms with Crippen LogP contribution in [0.2, 0.25) is 0 Å². The number of carboxylic acid groups (broad SMARTS) is 1. The van der Waals surface area contributed by atoms with Gasteiger partial charge < -0.3 is 10.0 Å². The van der Waals surface area contributed by atoms with E-state index in [1.165, 1.54) is 4.80 Å². The zero-order chi connectivity index (χ0) is 12.8. The Hall–Kier alpha value is -1.54. The number of tetrazole rings is 1. The van der Waals surface area contributed by atoms with Crippen LogP contribution in [0.25, 0.3) is 0 Å². The highest BCUT2D eigenvalue weighted by molar-refractivity contribution is 5.69. The van der Waals surface area contributed by atoms with Crippen LogP contribution in [0, 0.1) is 0 Å². The fraction of sp³-hybridized carbons (Fsp3) is 0.778. The second-order valence-corrected chi connectivity index (χ2v) is 4.10. The highest BCUT2D eigenvalue weighted by Gasteiger charge is 2.13. The summed E-state index contributed by atoms with van der Waals surface area (Å²) in [6, 6.07) is 0. The second kappa shape index (κ2) is 6.26. The lowest BCUT2D eigenvalue weighted by Gasteiger charge is -2.20. The Kier molecular flexibility index (Phi) is 4.98. The first-order valence-electron chi connectivity index (χ1n) is 5.29. The maximum absolute atomic E-state index is 10.7. The summed E-state index contributed by atoms with van der Waals surface area (Å²) in [5.41, 5.74) is 0. The predicted molar refractivity (Wildman–Crippen MR) is 60.3 cm³/mol. The minimum absolute atomic E-state index is 0.0217. The van der Waals surface area contributed by atoms with E-state index in [1.54, 1.807) is 11.9 Å². The number of aryl methyl sites for hydroxylation is 1. The number of rotatable bonds is 7. The van der Waals surface area contributed by atoms with Crippen LogP contribution in [0.3, 0.4) is 0 Å². The van der Waals surface area contributed by atoms with E-state index in [0.29, 0.717) is 18.9 Å². The van der Waals surface area contributed by atoms with Crippen molar-refractivity contribution in [2.75, 3.05) is 33.7 Å². The lowest BCUT2D eigenvalue weighted by Crippen LogP contribution is -2.35. The Morgan fingerprint density at radius 3 is 2.59 bits per heavy atom. The SMILES string of the molecule is CN(C)CCN(CC(=O)O)Cc1nnn(C)n1. The van der Waals surface area contributed by atoms with Crippen LogP contribution in [0.15, 0.2) is 0 Å². The molecule has 1 rings (SSSR count). The van der Waals surface area contributed by atoms with Crippen LogP contribution in [0.4, 0.5) is 0 Å². The van der Waals surface area contributed by atoms with E-state index in [1.807, 2.05) is 19.0 Å². The molecule has 1 heterocycles. The molecular weight excluding hydrogens is 224 g/mol. The van der Waals surface area contributed by atoms with Crippen molar-refractivity contribution in [1.29, 1.82) is 0 Å². The molecule has 0 bridgehead atoms. The van der Waals surface area contributed by atoms with Gasteiger partial charge in [-0.15, -0.1) is 10.2 Å². The lowest BCUT2D eigenvalue weighted by molar-refractivity contribution is -0.138. The van der Waals surface area contributed by atoms with E-state index in [9.17, 15) is 4.79 Å². The third-order valence-corrected chi connectivity index (χ3v) is 2.14. The summed E-state index contributed by atoms with van der Waals surface area (Å²) in [5.74, 6) is -0.319. The van der Waals surface area contributed by atoms with Gasteiger partial charge in [0.15, 0.2) is 5.82 Å². The molecule has 1 N–H and O–H groups in total. The van der Waals surface area contributed by atoms with Crippen molar-refractivity contribution in [1.82, 2.24) is 30.0 Å². The predicted octanol–water partition coefficient (Wildman–Crippen LogP) is -1.34. The van der Waals surface area contributed by atoms with Gasteiger partial charge in [0.1, 0.15) is 0 Å². The molecule has 0 fully saturated rings. The highest BCUT2D eigenvalue weighted by atomic mass is 16.4. The summed E-state index contributed by atoms with van der Waals surface area (Å²) in [6.07, 6.45) is 0. The number of aromatic nitrogens is 4. The van der Waals surface area contributed by atoms with Crippen molar-refractivity contribution in [2.24, 2.45) is 7.05 Å². The van der Waals surface area contributed by atoms with E-state index in [2.05, 4.69) is 15.4 Å². The first-order valence-corrected chi connectivity index (χ1v) is 5.29. The summed E-state index contributed by atoms with van der Waals surface area (Å²) >= 11 is 0. The number of hydrogen-bond acceptors (Lipinski definition) is 6. The van der Waals surface area contributed by atoms with E-state index in [0.717, 1.165) is 6.54 Å². The summed E-state index contributed by atoms with van der Waals surface area (Å²) in [5, 5.41) is 20.4. The minimum Gasteiger partial charge on any atom is -0.480 e. The van der Waals surface area contributed by atoms with E-state index in [4.69, 9.17) is 5.11 Å². The Morgan fingerprint density at radius 1 is 1.41 bits per heavy atom. The lowest BCUT2D eigenvalue weighted by atomic mass is 10.4. The summed E-state index contributed by atoms with van der Waals surface area (Å²) in [7, 11) is 5.57. The monoisotopic (exact) mass is 242 g/mol. The first-order chi connectivity index (χ1) is 7.97. The van der Waals surface area contributed by atoms with Crippen LogP contribution in [0.5, 0.6) is 0 Å². The molecule has 0 spiro atoms. The molecule has 1 aromatic heterocycles. The Labute approximate surface area is 99.8 Å².